The van der Waals surface area contributed by atoms with Crippen LogP contribution in [-0.4, -0.2) is 43.8 Å². The van der Waals surface area contributed by atoms with Crippen molar-refractivity contribution in [2.75, 3.05) is 20.3 Å². The van der Waals surface area contributed by atoms with Crippen molar-refractivity contribution in [2.45, 2.75) is 12.5 Å². The highest BCUT2D eigenvalue weighted by Crippen LogP contribution is 1.95. The van der Waals surface area contributed by atoms with E-state index in [2.05, 4.69) is 9.47 Å². The van der Waals surface area contributed by atoms with E-state index < -0.39 is 12.1 Å². The minimum absolute atomic E-state index is 0.0475. The molecule has 70 valence electrons. The summed E-state index contributed by atoms with van der Waals surface area (Å²) in [5, 5.41) is 8.29. The van der Waals surface area contributed by atoms with Gasteiger partial charge in [0.25, 0.3) is 0 Å². The smallest absolute Gasteiger partial charge is 0.308 e. The normalized spacial score (nSPS) is 12.2. The summed E-state index contributed by atoms with van der Waals surface area (Å²) < 4.78 is 9.12. The molecule has 0 saturated carbocycles. The van der Waals surface area contributed by atoms with E-state index in [4.69, 9.17) is 5.11 Å². The van der Waals surface area contributed by atoms with E-state index in [0.29, 0.717) is 6.29 Å². The molecule has 1 unspecified atom stereocenters. The molecule has 0 radical (unpaired) electrons. The zero-order chi connectivity index (χ0) is 9.40. The number of aldehydes is 1. The van der Waals surface area contributed by atoms with Crippen LogP contribution in [0.1, 0.15) is 6.42 Å². The number of hydrogen-bond donors (Lipinski definition) is 1. The van der Waals surface area contributed by atoms with Crippen LogP contribution in [0.15, 0.2) is 0 Å². The first-order chi connectivity index (χ1) is 5.74. The maximum Gasteiger partial charge on any atom is 0.308 e. The molecule has 0 amide bonds. The van der Waals surface area contributed by atoms with Crippen molar-refractivity contribution in [2.24, 2.45) is 0 Å². The predicted octanol–water partition coefficient (Wildman–Crippen LogP) is -0.874. The first kappa shape index (κ1) is 11.1. The zero-order valence-corrected chi connectivity index (χ0v) is 6.86. The van der Waals surface area contributed by atoms with E-state index >= 15 is 0 Å². The van der Waals surface area contributed by atoms with Crippen LogP contribution in [0.5, 0.6) is 0 Å². The lowest BCUT2D eigenvalue weighted by Gasteiger charge is -2.06. The third kappa shape index (κ3) is 4.81. The fraction of sp³-hybridized carbons (Fsp3) is 0.714. The number of hydrogen-bond acceptors (Lipinski definition) is 5. The average molecular weight is 176 g/mol. The van der Waals surface area contributed by atoms with Gasteiger partial charge in [0, 0.05) is 7.11 Å². The van der Waals surface area contributed by atoms with Gasteiger partial charge in [-0.25, -0.2) is 0 Å². The molecule has 0 aromatic rings. The Morgan fingerprint density at radius 2 is 2.33 bits per heavy atom. The number of rotatable bonds is 6. The Morgan fingerprint density at radius 3 is 2.75 bits per heavy atom. The molecule has 0 rings (SSSR count). The number of aliphatic hydroxyl groups is 1. The molecule has 0 aliphatic carbocycles. The summed E-state index contributed by atoms with van der Waals surface area (Å²) in [6, 6.07) is 0. The molecular weight excluding hydrogens is 164 g/mol. The van der Waals surface area contributed by atoms with E-state index in [1.54, 1.807) is 0 Å². The summed E-state index contributed by atoms with van der Waals surface area (Å²) in [4.78, 5) is 20.9. The van der Waals surface area contributed by atoms with E-state index in [-0.39, 0.29) is 19.6 Å². The Morgan fingerprint density at radius 1 is 1.67 bits per heavy atom. The quantitative estimate of drug-likeness (QED) is 0.420. The van der Waals surface area contributed by atoms with Crippen LogP contribution in [0.4, 0.5) is 0 Å². The van der Waals surface area contributed by atoms with Crippen LogP contribution in [0.25, 0.3) is 0 Å². The van der Waals surface area contributed by atoms with Crippen LogP contribution in [0.3, 0.4) is 0 Å². The minimum atomic E-state index is -0.754. The van der Waals surface area contributed by atoms with Crippen molar-refractivity contribution in [1.82, 2.24) is 0 Å². The van der Waals surface area contributed by atoms with Crippen LogP contribution in [0.2, 0.25) is 0 Å². The number of esters is 1. The van der Waals surface area contributed by atoms with Crippen molar-refractivity contribution >= 4 is 12.3 Å². The van der Waals surface area contributed by atoms with Crippen molar-refractivity contribution in [3.8, 4) is 0 Å². The van der Waals surface area contributed by atoms with Gasteiger partial charge in [0.1, 0.15) is 19.0 Å². The Kier molecular flexibility index (Phi) is 6.22. The zero-order valence-electron chi connectivity index (χ0n) is 6.86. The fourth-order valence-electron chi connectivity index (χ4n) is 0.570. The second kappa shape index (κ2) is 6.75. The lowest BCUT2D eigenvalue weighted by molar-refractivity contribution is -0.148. The summed E-state index contributed by atoms with van der Waals surface area (Å²) in [6.07, 6.45) is -0.337. The summed E-state index contributed by atoms with van der Waals surface area (Å²) in [6.45, 7) is -0.265. The highest BCUT2D eigenvalue weighted by atomic mass is 16.5. The van der Waals surface area contributed by atoms with Gasteiger partial charge >= 0.3 is 5.97 Å². The van der Waals surface area contributed by atoms with Crippen molar-refractivity contribution in [1.29, 1.82) is 0 Å². The second-order valence-corrected chi connectivity index (χ2v) is 2.06. The lowest BCUT2D eigenvalue weighted by atomic mass is 10.3. The summed E-state index contributed by atoms with van der Waals surface area (Å²) in [5.74, 6) is -0.553. The van der Waals surface area contributed by atoms with Crippen LogP contribution in [0, 0.1) is 0 Å². The second-order valence-electron chi connectivity index (χ2n) is 2.06. The van der Waals surface area contributed by atoms with Gasteiger partial charge < -0.3 is 19.4 Å². The number of carbonyl (C=O) groups excluding carboxylic acids is 2. The molecule has 0 aliphatic rings. The number of ether oxygens (including phenoxy) is 2. The molecule has 0 bridgehead atoms. The van der Waals surface area contributed by atoms with E-state index in [1.807, 2.05) is 0 Å². The summed E-state index contributed by atoms with van der Waals surface area (Å²) in [7, 11) is 1.33. The van der Waals surface area contributed by atoms with Gasteiger partial charge in [-0.15, -0.1) is 0 Å². The van der Waals surface area contributed by atoms with E-state index in [0.717, 1.165) is 0 Å². The van der Waals surface area contributed by atoms with Gasteiger partial charge in [0.15, 0.2) is 0 Å². The maximum atomic E-state index is 10.8. The molecule has 5 nitrogen and oxygen atoms in total. The predicted molar refractivity (Wildman–Crippen MR) is 39.5 cm³/mol. The molecule has 12 heavy (non-hydrogen) atoms. The van der Waals surface area contributed by atoms with Crippen LogP contribution >= 0.6 is 0 Å². The molecule has 0 spiro atoms. The summed E-state index contributed by atoms with van der Waals surface area (Å²) in [5.41, 5.74) is 0. The van der Waals surface area contributed by atoms with Gasteiger partial charge in [-0.3, -0.25) is 4.79 Å². The Balaban J connectivity index is 3.58. The highest BCUT2D eigenvalue weighted by Gasteiger charge is 2.12. The topological polar surface area (TPSA) is 72.8 Å². The van der Waals surface area contributed by atoms with Gasteiger partial charge in [-0.1, -0.05) is 0 Å². The molecular formula is C7H12O5. The highest BCUT2D eigenvalue weighted by molar-refractivity contribution is 5.74. The first-order valence-electron chi connectivity index (χ1n) is 3.49. The van der Waals surface area contributed by atoms with Crippen LogP contribution in [-0.2, 0) is 19.1 Å². The Labute approximate surface area is 70.3 Å². The SMILES string of the molecule is COC(C=O)CC(=O)OCCO. The molecule has 1 atom stereocenters. The van der Waals surface area contributed by atoms with Gasteiger partial charge in [0.05, 0.1) is 13.0 Å². The monoisotopic (exact) mass is 176 g/mol. The summed E-state index contributed by atoms with van der Waals surface area (Å²) >= 11 is 0. The standard InChI is InChI=1S/C7H12O5/c1-11-6(5-9)4-7(10)12-3-2-8/h5-6,8H,2-4H2,1H3. The largest absolute Gasteiger partial charge is 0.463 e. The molecule has 0 aliphatic heterocycles. The number of methoxy groups -OCH3 is 1. The lowest BCUT2D eigenvalue weighted by Crippen LogP contribution is -2.20. The molecule has 0 saturated heterocycles. The van der Waals surface area contributed by atoms with Gasteiger partial charge in [-0.2, -0.15) is 0 Å². The van der Waals surface area contributed by atoms with Crippen molar-refractivity contribution in [3.05, 3.63) is 0 Å². The molecule has 0 fully saturated rings. The molecule has 0 heterocycles. The van der Waals surface area contributed by atoms with Crippen molar-refractivity contribution in [3.63, 3.8) is 0 Å². The molecule has 0 aromatic heterocycles. The maximum absolute atomic E-state index is 10.8. The Hall–Kier alpha value is -0.940. The van der Waals surface area contributed by atoms with Gasteiger partial charge in [-0.05, 0) is 0 Å². The third-order valence-electron chi connectivity index (χ3n) is 1.18. The number of aliphatic hydroxyl groups excluding tert-OH is 1. The van der Waals surface area contributed by atoms with E-state index in [1.165, 1.54) is 7.11 Å². The van der Waals surface area contributed by atoms with Crippen LogP contribution < -0.4 is 0 Å². The average Bonchev–Trinajstić information content (AvgIpc) is 2.10. The third-order valence-corrected chi connectivity index (χ3v) is 1.18. The number of carbonyl (C=O) groups is 2. The molecule has 1 N–H and O–H groups in total. The van der Waals surface area contributed by atoms with Crippen molar-refractivity contribution < 1.29 is 24.2 Å². The minimum Gasteiger partial charge on any atom is -0.463 e. The van der Waals surface area contributed by atoms with E-state index in [9.17, 15) is 9.59 Å². The first-order valence-corrected chi connectivity index (χ1v) is 3.49. The molecule has 0 aromatic carbocycles. The molecule has 5 heteroatoms. The Bertz CT molecular complexity index is 145. The van der Waals surface area contributed by atoms with Gasteiger partial charge in [0.2, 0.25) is 0 Å². The fourth-order valence-corrected chi connectivity index (χ4v) is 0.570.